The minimum atomic E-state index is -0.516. The third-order valence-electron chi connectivity index (χ3n) is 1.85. The van der Waals surface area contributed by atoms with E-state index < -0.39 is 6.29 Å². The van der Waals surface area contributed by atoms with Gasteiger partial charge in [-0.1, -0.05) is 6.92 Å². The van der Waals surface area contributed by atoms with Crippen molar-refractivity contribution in [3.8, 4) is 0 Å². The van der Waals surface area contributed by atoms with Gasteiger partial charge in [0, 0.05) is 13.3 Å². The number of thioether (sulfide) groups is 1. The van der Waals surface area contributed by atoms with Crippen LogP contribution >= 0.6 is 11.8 Å². The maximum Gasteiger partial charge on any atom is 0.305 e. The summed E-state index contributed by atoms with van der Waals surface area (Å²) in [4.78, 5) is 21.7. The normalized spacial score (nSPS) is 24.1. The number of carbonyl (C=O) groups excluding carboxylic acids is 2. The van der Waals surface area contributed by atoms with Crippen molar-refractivity contribution in [1.29, 1.82) is 0 Å². The van der Waals surface area contributed by atoms with Crippen molar-refractivity contribution in [2.45, 2.75) is 38.4 Å². The topological polar surface area (TPSA) is 61.8 Å². The fourth-order valence-electron chi connectivity index (χ4n) is 1.21. The summed E-state index contributed by atoms with van der Waals surface area (Å²) >= 11 is 1.48. The smallest absolute Gasteiger partial charge is 0.305 e. The Hall–Kier alpha value is -0.750. The third kappa shape index (κ3) is 4.85. The van der Waals surface area contributed by atoms with Crippen LogP contribution in [0, 0.1) is 0 Å². The van der Waals surface area contributed by atoms with Gasteiger partial charge in [-0.3, -0.25) is 9.59 Å². The summed E-state index contributed by atoms with van der Waals surface area (Å²) in [5, 5.41) is 0. The highest BCUT2D eigenvalue weighted by Crippen LogP contribution is 2.26. The number of ether oxygens (including phenoxy) is 3. The van der Waals surface area contributed by atoms with E-state index in [9.17, 15) is 9.59 Å². The molecule has 2 atom stereocenters. The number of hydrogen-bond acceptors (Lipinski definition) is 6. The van der Waals surface area contributed by atoms with Gasteiger partial charge >= 0.3 is 11.9 Å². The van der Waals surface area contributed by atoms with Gasteiger partial charge in [-0.2, -0.15) is 0 Å². The molecule has 0 aromatic carbocycles. The molecule has 1 fully saturated rings. The molecule has 2 unspecified atom stereocenters. The first kappa shape index (κ1) is 13.3. The minimum Gasteiger partial charge on any atom is -0.462 e. The minimum absolute atomic E-state index is 0.210. The Morgan fingerprint density at radius 2 is 2.25 bits per heavy atom. The van der Waals surface area contributed by atoms with E-state index in [2.05, 4.69) is 0 Å². The SMILES string of the molecule is CCCC(=O)OCC1OC(OC(C)=O)CS1. The van der Waals surface area contributed by atoms with Gasteiger partial charge in [0.15, 0.2) is 0 Å². The summed E-state index contributed by atoms with van der Waals surface area (Å²) in [6.07, 6.45) is 0.676. The Bertz CT molecular complexity index is 256. The highest BCUT2D eigenvalue weighted by molar-refractivity contribution is 8.00. The third-order valence-corrected chi connectivity index (χ3v) is 2.94. The van der Waals surface area contributed by atoms with E-state index in [1.54, 1.807) is 0 Å². The van der Waals surface area contributed by atoms with Crippen molar-refractivity contribution in [1.82, 2.24) is 0 Å². The van der Waals surface area contributed by atoms with Crippen LogP contribution in [-0.4, -0.2) is 36.0 Å². The predicted molar refractivity (Wildman–Crippen MR) is 58.8 cm³/mol. The molecular weight excluding hydrogens is 232 g/mol. The van der Waals surface area contributed by atoms with Crippen molar-refractivity contribution in [2.24, 2.45) is 0 Å². The Balaban J connectivity index is 2.16. The van der Waals surface area contributed by atoms with E-state index in [4.69, 9.17) is 14.2 Å². The lowest BCUT2D eigenvalue weighted by atomic mass is 10.3. The Morgan fingerprint density at radius 3 is 2.88 bits per heavy atom. The van der Waals surface area contributed by atoms with Crippen LogP contribution in [0.25, 0.3) is 0 Å². The van der Waals surface area contributed by atoms with Crippen LogP contribution in [0.4, 0.5) is 0 Å². The summed E-state index contributed by atoms with van der Waals surface area (Å²) in [5.74, 6) is -0.00729. The fourth-order valence-corrected chi connectivity index (χ4v) is 2.09. The van der Waals surface area contributed by atoms with Gasteiger partial charge in [0.05, 0.1) is 5.75 Å². The van der Waals surface area contributed by atoms with Crippen LogP contribution in [0.5, 0.6) is 0 Å². The largest absolute Gasteiger partial charge is 0.462 e. The highest BCUT2D eigenvalue weighted by Gasteiger charge is 2.28. The number of esters is 2. The first-order chi connectivity index (χ1) is 7.61. The van der Waals surface area contributed by atoms with Gasteiger partial charge in [0.1, 0.15) is 12.0 Å². The molecule has 16 heavy (non-hydrogen) atoms. The predicted octanol–water partition coefficient (Wildman–Crippen LogP) is 1.31. The number of rotatable bonds is 5. The molecule has 1 aliphatic heterocycles. The molecule has 1 saturated heterocycles. The molecule has 6 heteroatoms. The molecule has 0 aromatic rings. The first-order valence-electron chi connectivity index (χ1n) is 5.21. The molecule has 0 aliphatic carbocycles. The second-order valence-electron chi connectivity index (χ2n) is 3.37. The van der Waals surface area contributed by atoms with Crippen LogP contribution < -0.4 is 0 Å². The van der Waals surface area contributed by atoms with E-state index in [1.165, 1.54) is 18.7 Å². The van der Waals surface area contributed by atoms with Gasteiger partial charge in [-0.15, -0.1) is 11.8 Å². The van der Waals surface area contributed by atoms with Crippen molar-refractivity contribution in [2.75, 3.05) is 12.4 Å². The summed E-state index contributed by atoms with van der Waals surface area (Å²) in [6.45, 7) is 3.46. The lowest BCUT2D eigenvalue weighted by molar-refractivity contribution is -0.175. The lowest BCUT2D eigenvalue weighted by Crippen LogP contribution is -2.22. The van der Waals surface area contributed by atoms with E-state index in [0.717, 1.165) is 6.42 Å². The van der Waals surface area contributed by atoms with E-state index in [0.29, 0.717) is 12.2 Å². The quantitative estimate of drug-likeness (QED) is 0.684. The average Bonchev–Trinajstić information content (AvgIpc) is 2.62. The summed E-state index contributed by atoms with van der Waals surface area (Å²) in [5.41, 5.74) is -0.231. The molecular formula is C10H16O5S. The van der Waals surface area contributed by atoms with Crippen LogP contribution in [0.15, 0.2) is 0 Å². The molecule has 1 aliphatic rings. The standard InChI is InChI=1S/C10H16O5S/c1-3-4-8(12)13-5-10-15-9(6-16-10)14-7(2)11/h9-10H,3-6H2,1-2H3. The molecule has 1 rings (SSSR count). The molecule has 0 amide bonds. The Morgan fingerprint density at radius 1 is 1.50 bits per heavy atom. The second-order valence-corrected chi connectivity index (χ2v) is 4.56. The molecule has 0 saturated carbocycles. The summed E-state index contributed by atoms with van der Waals surface area (Å²) in [7, 11) is 0. The molecule has 92 valence electrons. The van der Waals surface area contributed by atoms with Crippen molar-refractivity contribution in [3.63, 3.8) is 0 Å². The van der Waals surface area contributed by atoms with Gasteiger partial charge in [0.2, 0.25) is 6.29 Å². The van der Waals surface area contributed by atoms with Crippen molar-refractivity contribution in [3.05, 3.63) is 0 Å². The highest BCUT2D eigenvalue weighted by atomic mass is 32.2. The van der Waals surface area contributed by atoms with Crippen LogP contribution in [0.1, 0.15) is 26.7 Å². The zero-order valence-corrected chi connectivity index (χ0v) is 10.2. The van der Waals surface area contributed by atoms with Crippen LogP contribution in [-0.2, 0) is 23.8 Å². The van der Waals surface area contributed by atoms with Crippen LogP contribution in [0.2, 0.25) is 0 Å². The summed E-state index contributed by atoms with van der Waals surface area (Å²) in [6, 6.07) is 0. The lowest BCUT2D eigenvalue weighted by Gasteiger charge is -2.12. The molecule has 0 aromatic heterocycles. The zero-order valence-electron chi connectivity index (χ0n) is 9.43. The first-order valence-corrected chi connectivity index (χ1v) is 6.26. The second kappa shape index (κ2) is 6.75. The molecule has 5 nitrogen and oxygen atoms in total. The fraction of sp³-hybridized carbons (Fsp3) is 0.800. The number of carbonyl (C=O) groups is 2. The zero-order chi connectivity index (χ0) is 12.0. The van der Waals surface area contributed by atoms with E-state index in [-0.39, 0.29) is 24.0 Å². The van der Waals surface area contributed by atoms with Gasteiger partial charge in [-0.25, -0.2) is 0 Å². The maximum atomic E-state index is 11.1. The van der Waals surface area contributed by atoms with Gasteiger partial charge in [0.25, 0.3) is 0 Å². The maximum absolute atomic E-state index is 11.1. The monoisotopic (exact) mass is 248 g/mol. The van der Waals surface area contributed by atoms with Crippen molar-refractivity contribution < 1.29 is 23.8 Å². The molecule has 0 spiro atoms. The summed E-state index contributed by atoms with van der Waals surface area (Å²) < 4.78 is 15.2. The average molecular weight is 248 g/mol. The molecule has 0 bridgehead atoms. The van der Waals surface area contributed by atoms with Crippen molar-refractivity contribution >= 4 is 23.7 Å². The van der Waals surface area contributed by atoms with Gasteiger partial charge in [-0.05, 0) is 6.42 Å². The molecule has 0 N–H and O–H groups in total. The number of hydrogen-bond donors (Lipinski definition) is 0. The molecule has 0 radical (unpaired) electrons. The molecule has 1 heterocycles. The Kier molecular flexibility index (Phi) is 5.62. The van der Waals surface area contributed by atoms with Gasteiger partial charge < -0.3 is 14.2 Å². The Labute approximate surface area is 98.8 Å². The van der Waals surface area contributed by atoms with E-state index >= 15 is 0 Å². The van der Waals surface area contributed by atoms with E-state index in [1.807, 2.05) is 6.92 Å². The van der Waals surface area contributed by atoms with Crippen LogP contribution in [0.3, 0.4) is 0 Å².